The van der Waals surface area contributed by atoms with E-state index in [2.05, 4.69) is 34.3 Å². The highest BCUT2D eigenvalue weighted by atomic mass is 14.8. The van der Waals surface area contributed by atoms with Crippen LogP contribution in [0.15, 0.2) is 47.7 Å². The normalized spacial score (nSPS) is 15.0. The molecule has 74 valence electrons. The Kier molecular flexibility index (Phi) is 1.33. The number of pyridine rings is 1. The van der Waals surface area contributed by atoms with Gasteiger partial charge in [-0.05, 0) is 23.4 Å². The Labute approximate surface area is 92.3 Å². The van der Waals surface area contributed by atoms with E-state index in [0.29, 0.717) is 0 Å². The molecule has 16 heavy (non-hydrogen) atoms. The molecule has 2 aromatic rings. The van der Waals surface area contributed by atoms with Gasteiger partial charge in [0.05, 0.1) is 11.4 Å². The first-order valence-corrected chi connectivity index (χ1v) is 5.28. The van der Waals surface area contributed by atoms with Crippen LogP contribution in [0.25, 0.3) is 11.6 Å². The van der Waals surface area contributed by atoms with Gasteiger partial charge in [0.1, 0.15) is 0 Å². The maximum Gasteiger partial charge on any atom is 0.0729 e. The highest BCUT2D eigenvalue weighted by Gasteiger charge is 2.22. The number of para-hydroxylation sites is 1. The summed E-state index contributed by atoms with van der Waals surface area (Å²) < 4.78 is 0. The standard InChI is InChI=1S/C14H8N2/c1-2-4-12-10(3-1)14-11-8-15-6-5-9(11)7-13(14)16-12/h1-8H. The van der Waals surface area contributed by atoms with E-state index in [9.17, 15) is 0 Å². The second kappa shape index (κ2) is 2.67. The number of hydrogen-bond acceptors (Lipinski definition) is 2. The zero-order valence-corrected chi connectivity index (χ0v) is 8.51. The molecule has 0 amide bonds. The lowest BCUT2D eigenvalue weighted by Crippen LogP contribution is -2.23. The van der Waals surface area contributed by atoms with Gasteiger partial charge < -0.3 is 0 Å². The van der Waals surface area contributed by atoms with Crippen LogP contribution in [-0.2, 0) is 0 Å². The third-order valence-corrected chi connectivity index (χ3v) is 3.09. The minimum atomic E-state index is 1.07. The van der Waals surface area contributed by atoms with Gasteiger partial charge in [0.15, 0.2) is 0 Å². The fraction of sp³-hybridized carbons (Fsp3) is 0. The average molecular weight is 204 g/mol. The smallest absolute Gasteiger partial charge is 0.0729 e. The van der Waals surface area contributed by atoms with Crippen molar-refractivity contribution in [3.05, 3.63) is 58.7 Å². The molecule has 0 saturated heterocycles. The van der Waals surface area contributed by atoms with Crippen LogP contribution >= 0.6 is 0 Å². The van der Waals surface area contributed by atoms with Gasteiger partial charge in [0.25, 0.3) is 0 Å². The zero-order valence-electron chi connectivity index (χ0n) is 8.51. The van der Waals surface area contributed by atoms with Crippen molar-refractivity contribution in [2.75, 3.05) is 0 Å². The molecular formula is C14H8N2. The predicted octanol–water partition coefficient (Wildman–Crippen LogP) is 1.16. The van der Waals surface area contributed by atoms with Crippen LogP contribution in [0, 0.1) is 0 Å². The molecule has 2 nitrogen and oxygen atoms in total. The summed E-state index contributed by atoms with van der Waals surface area (Å²) in [6, 6.07) is 10.3. The van der Waals surface area contributed by atoms with Gasteiger partial charge in [0, 0.05) is 28.7 Å². The third kappa shape index (κ3) is 0.865. The van der Waals surface area contributed by atoms with E-state index in [1.807, 2.05) is 24.5 Å². The first kappa shape index (κ1) is 7.99. The Bertz CT molecular complexity index is 754. The molecule has 0 fully saturated rings. The van der Waals surface area contributed by atoms with Gasteiger partial charge in [-0.1, -0.05) is 18.2 Å². The number of aliphatic imine (C=N–C) groups is 1. The predicted molar refractivity (Wildman–Crippen MR) is 64.0 cm³/mol. The Morgan fingerprint density at radius 2 is 1.94 bits per heavy atom. The number of nitrogens with zero attached hydrogens (tertiary/aromatic N) is 2. The highest BCUT2D eigenvalue weighted by Crippen LogP contribution is 2.33. The van der Waals surface area contributed by atoms with Crippen molar-refractivity contribution in [1.82, 2.24) is 4.98 Å². The number of benzene rings is 1. The van der Waals surface area contributed by atoms with Crippen LogP contribution in [0.5, 0.6) is 0 Å². The molecule has 2 heterocycles. The molecule has 1 aromatic heterocycles. The van der Waals surface area contributed by atoms with Crippen LogP contribution in [0.3, 0.4) is 0 Å². The second-order valence-corrected chi connectivity index (χ2v) is 4.00. The first-order valence-electron chi connectivity index (χ1n) is 5.28. The lowest BCUT2D eigenvalue weighted by atomic mass is 10.0. The summed E-state index contributed by atoms with van der Waals surface area (Å²) >= 11 is 0. The molecule has 0 N–H and O–H groups in total. The Morgan fingerprint density at radius 1 is 1.00 bits per heavy atom. The summed E-state index contributed by atoms with van der Waals surface area (Å²) in [4.78, 5) is 8.82. The van der Waals surface area contributed by atoms with Crippen molar-refractivity contribution >= 4 is 23.0 Å². The number of fused-ring (bicyclic) bond motifs is 4. The van der Waals surface area contributed by atoms with Crippen LogP contribution in [-0.4, -0.2) is 10.7 Å². The number of aromatic nitrogens is 1. The maximum absolute atomic E-state index is 4.62. The molecule has 1 aliphatic heterocycles. The van der Waals surface area contributed by atoms with Crippen molar-refractivity contribution in [3.63, 3.8) is 0 Å². The van der Waals surface area contributed by atoms with E-state index in [0.717, 1.165) is 11.4 Å². The fourth-order valence-corrected chi connectivity index (χ4v) is 2.38. The lowest BCUT2D eigenvalue weighted by Gasteiger charge is -1.97. The second-order valence-electron chi connectivity index (χ2n) is 4.00. The number of hydrogen-bond donors (Lipinski definition) is 0. The van der Waals surface area contributed by atoms with Crippen LogP contribution < -0.4 is 10.4 Å². The molecule has 0 radical (unpaired) electrons. The first-order chi connectivity index (χ1) is 7.93. The topological polar surface area (TPSA) is 25.2 Å². The van der Waals surface area contributed by atoms with E-state index in [1.54, 1.807) is 0 Å². The van der Waals surface area contributed by atoms with Crippen molar-refractivity contribution < 1.29 is 0 Å². The minimum Gasteiger partial charge on any atom is -0.264 e. The van der Waals surface area contributed by atoms with E-state index >= 15 is 0 Å². The molecule has 1 aliphatic carbocycles. The van der Waals surface area contributed by atoms with Gasteiger partial charge >= 0.3 is 0 Å². The monoisotopic (exact) mass is 204 g/mol. The lowest BCUT2D eigenvalue weighted by molar-refractivity contribution is 1.27. The van der Waals surface area contributed by atoms with Gasteiger partial charge in [-0.25, -0.2) is 4.99 Å². The Hall–Kier alpha value is -2.22. The molecule has 1 aromatic carbocycles. The molecule has 0 saturated carbocycles. The average Bonchev–Trinajstić information content (AvgIpc) is 2.83. The number of rotatable bonds is 0. The van der Waals surface area contributed by atoms with Crippen molar-refractivity contribution in [3.8, 4) is 0 Å². The summed E-state index contributed by atoms with van der Waals surface area (Å²) in [5.74, 6) is 0. The fourth-order valence-electron chi connectivity index (χ4n) is 2.38. The quantitative estimate of drug-likeness (QED) is 0.632. The molecule has 0 bridgehead atoms. The Balaban J connectivity index is 2.22. The summed E-state index contributed by atoms with van der Waals surface area (Å²) in [6.07, 6.45) is 5.88. The van der Waals surface area contributed by atoms with Crippen molar-refractivity contribution in [2.24, 2.45) is 4.99 Å². The minimum absolute atomic E-state index is 1.07. The molecule has 4 rings (SSSR count). The third-order valence-electron chi connectivity index (χ3n) is 3.09. The molecule has 2 aliphatic rings. The van der Waals surface area contributed by atoms with Crippen LogP contribution in [0.4, 0.5) is 5.69 Å². The van der Waals surface area contributed by atoms with Crippen molar-refractivity contribution in [1.29, 1.82) is 0 Å². The molecule has 0 spiro atoms. The summed E-state index contributed by atoms with van der Waals surface area (Å²) in [6.45, 7) is 0. The van der Waals surface area contributed by atoms with Gasteiger partial charge in [-0.15, -0.1) is 0 Å². The molecule has 2 heteroatoms. The van der Waals surface area contributed by atoms with E-state index in [1.165, 1.54) is 21.6 Å². The van der Waals surface area contributed by atoms with E-state index in [4.69, 9.17) is 0 Å². The summed E-state index contributed by atoms with van der Waals surface area (Å²) in [5.41, 5.74) is 4.60. The van der Waals surface area contributed by atoms with E-state index < -0.39 is 0 Å². The van der Waals surface area contributed by atoms with Gasteiger partial charge in [-0.2, -0.15) is 0 Å². The van der Waals surface area contributed by atoms with Crippen molar-refractivity contribution in [2.45, 2.75) is 0 Å². The van der Waals surface area contributed by atoms with E-state index in [-0.39, 0.29) is 0 Å². The van der Waals surface area contributed by atoms with Crippen LogP contribution in [0.1, 0.15) is 5.56 Å². The van der Waals surface area contributed by atoms with Gasteiger partial charge in [-0.3, -0.25) is 4.98 Å². The Morgan fingerprint density at radius 3 is 2.94 bits per heavy atom. The summed E-state index contributed by atoms with van der Waals surface area (Å²) in [7, 11) is 0. The molecule has 0 unspecified atom stereocenters. The zero-order chi connectivity index (χ0) is 10.5. The largest absolute Gasteiger partial charge is 0.264 e. The molecular weight excluding hydrogens is 196 g/mol. The molecule has 0 atom stereocenters. The van der Waals surface area contributed by atoms with Gasteiger partial charge in [0.2, 0.25) is 0 Å². The highest BCUT2D eigenvalue weighted by molar-refractivity contribution is 6.42. The maximum atomic E-state index is 4.62. The SMILES string of the molecule is C1=c2ccncc2=C2C1=Nc1ccccc12. The van der Waals surface area contributed by atoms with Crippen LogP contribution in [0.2, 0.25) is 0 Å². The summed E-state index contributed by atoms with van der Waals surface area (Å²) in [5, 5.41) is 2.42.